The number of rotatable bonds is 8. The van der Waals surface area contributed by atoms with Crippen LogP contribution in [0.15, 0.2) is 30.3 Å². The number of likely N-dealkylation sites (tertiary alicyclic amines) is 1. The van der Waals surface area contributed by atoms with Gasteiger partial charge in [-0.1, -0.05) is 43.7 Å². The van der Waals surface area contributed by atoms with Crippen molar-refractivity contribution in [3.8, 4) is 0 Å². The van der Waals surface area contributed by atoms with E-state index < -0.39 is 0 Å². The van der Waals surface area contributed by atoms with Gasteiger partial charge in [-0.3, -0.25) is 14.6 Å². The topological polar surface area (TPSA) is 49.6 Å². The van der Waals surface area contributed by atoms with E-state index >= 15 is 0 Å². The van der Waals surface area contributed by atoms with Gasteiger partial charge in [0, 0.05) is 31.7 Å². The molecule has 0 bridgehead atoms. The van der Waals surface area contributed by atoms with Gasteiger partial charge < -0.3 is 5.73 Å². The van der Waals surface area contributed by atoms with Crippen molar-refractivity contribution in [3.05, 3.63) is 35.9 Å². The summed E-state index contributed by atoms with van der Waals surface area (Å²) in [6.45, 7) is 9.95. The Hall–Kier alpha value is -1.39. The SMILES string of the molecule is CCC[C@@H](C(N)=O)N(C(C)C)[C@H]1CC[C@@H]2CN(Cc3ccccc3)C[C@@H]21. The average molecular weight is 358 g/mol. The molecule has 0 spiro atoms. The van der Waals surface area contributed by atoms with Gasteiger partial charge in [0.15, 0.2) is 0 Å². The first kappa shape index (κ1) is 19.4. The lowest BCUT2D eigenvalue weighted by atomic mass is 9.93. The molecule has 26 heavy (non-hydrogen) atoms. The Morgan fingerprint density at radius 1 is 1.23 bits per heavy atom. The van der Waals surface area contributed by atoms with E-state index in [-0.39, 0.29) is 11.9 Å². The molecule has 1 aliphatic heterocycles. The van der Waals surface area contributed by atoms with Crippen LogP contribution in [-0.2, 0) is 11.3 Å². The standard InChI is InChI=1S/C22H35N3O/c1-4-8-21(22(23)26)25(16(2)3)20-12-11-18-14-24(15-19(18)20)13-17-9-6-5-7-10-17/h5-7,9-10,16,18-21H,4,8,11-15H2,1-3H3,(H2,23,26)/t18-,19+,20+,21+/m1/s1. The third kappa shape index (κ3) is 4.12. The van der Waals surface area contributed by atoms with Crippen molar-refractivity contribution in [3.63, 3.8) is 0 Å². The highest BCUT2D eigenvalue weighted by molar-refractivity contribution is 5.79. The molecule has 1 aromatic carbocycles. The van der Waals surface area contributed by atoms with Crippen LogP contribution in [0.3, 0.4) is 0 Å². The number of nitrogens with zero attached hydrogens (tertiary/aromatic N) is 2. The van der Waals surface area contributed by atoms with E-state index in [0.29, 0.717) is 18.0 Å². The van der Waals surface area contributed by atoms with Gasteiger partial charge in [0.1, 0.15) is 0 Å². The molecule has 1 aromatic rings. The summed E-state index contributed by atoms with van der Waals surface area (Å²) in [7, 11) is 0. The molecule has 1 amide bonds. The van der Waals surface area contributed by atoms with Crippen molar-refractivity contribution < 1.29 is 4.79 Å². The third-order valence-electron chi connectivity index (χ3n) is 6.37. The van der Waals surface area contributed by atoms with E-state index in [9.17, 15) is 4.79 Å². The van der Waals surface area contributed by atoms with Crippen LogP contribution >= 0.6 is 0 Å². The number of hydrogen-bond acceptors (Lipinski definition) is 3. The largest absolute Gasteiger partial charge is 0.368 e. The van der Waals surface area contributed by atoms with E-state index in [1.54, 1.807) is 0 Å². The lowest BCUT2D eigenvalue weighted by Crippen LogP contribution is -2.54. The summed E-state index contributed by atoms with van der Waals surface area (Å²) >= 11 is 0. The molecule has 0 radical (unpaired) electrons. The molecule has 4 heteroatoms. The van der Waals surface area contributed by atoms with E-state index in [1.165, 1.54) is 24.9 Å². The molecule has 2 N–H and O–H groups in total. The Bertz CT molecular complexity index is 588. The third-order valence-corrected chi connectivity index (χ3v) is 6.37. The molecule has 144 valence electrons. The van der Waals surface area contributed by atoms with Crippen LogP contribution in [0.5, 0.6) is 0 Å². The Balaban J connectivity index is 1.71. The molecule has 0 aromatic heterocycles. The summed E-state index contributed by atoms with van der Waals surface area (Å²) in [5.41, 5.74) is 7.20. The fourth-order valence-electron chi connectivity index (χ4n) is 5.36. The van der Waals surface area contributed by atoms with Crippen LogP contribution in [0.2, 0.25) is 0 Å². The maximum absolute atomic E-state index is 12.2. The summed E-state index contributed by atoms with van der Waals surface area (Å²) in [5, 5.41) is 0. The van der Waals surface area contributed by atoms with Gasteiger partial charge in [-0.05, 0) is 50.5 Å². The smallest absolute Gasteiger partial charge is 0.234 e. The second-order valence-corrected chi connectivity index (χ2v) is 8.50. The zero-order valence-electron chi connectivity index (χ0n) is 16.6. The zero-order chi connectivity index (χ0) is 18.7. The molecular formula is C22H35N3O. The van der Waals surface area contributed by atoms with Gasteiger partial charge in [-0.2, -0.15) is 0 Å². The average Bonchev–Trinajstić information content (AvgIpc) is 3.16. The number of hydrogen-bond donors (Lipinski definition) is 1. The molecular weight excluding hydrogens is 322 g/mol. The van der Waals surface area contributed by atoms with Crippen molar-refractivity contribution in [1.29, 1.82) is 0 Å². The minimum Gasteiger partial charge on any atom is -0.368 e. The first-order valence-corrected chi connectivity index (χ1v) is 10.3. The fourth-order valence-corrected chi connectivity index (χ4v) is 5.36. The number of carbonyl (C=O) groups excluding carboxylic acids is 1. The summed E-state index contributed by atoms with van der Waals surface area (Å²) in [6.07, 6.45) is 4.36. The number of benzene rings is 1. The normalized spacial score (nSPS) is 27.2. The predicted octanol–water partition coefficient (Wildman–Crippen LogP) is 3.26. The van der Waals surface area contributed by atoms with Crippen molar-refractivity contribution in [2.75, 3.05) is 13.1 Å². The number of amides is 1. The summed E-state index contributed by atoms with van der Waals surface area (Å²) in [4.78, 5) is 17.2. The van der Waals surface area contributed by atoms with Crippen molar-refractivity contribution >= 4 is 5.91 Å². The number of carbonyl (C=O) groups is 1. The highest BCUT2D eigenvalue weighted by Gasteiger charge is 2.47. The van der Waals surface area contributed by atoms with Gasteiger partial charge in [-0.15, -0.1) is 0 Å². The molecule has 3 rings (SSSR count). The van der Waals surface area contributed by atoms with Crippen LogP contribution in [-0.4, -0.2) is 46.9 Å². The highest BCUT2D eigenvalue weighted by Crippen LogP contribution is 2.42. The quantitative estimate of drug-likeness (QED) is 0.777. The number of nitrogens with two attached hydrogens (primary N) is 1. The van der Waals surface area contributed by atoms with Crippen LogP contribution < -0.4 is 5.73 Å². The number of fused-ring (bicyclic) bond motifs is 1. The van der Waals surface area contributed by atoms with Crippen LogP contribution in [0.4, 0.5) is 0 Å². The molecule has 4 atom stereocenters. The van der Waals surface area contributed by atoms with E-state index in [0.717, 1.165) is 31.8 Å². The molecule has 2 fully saturated rings. The van der Waals surface area contributed by atoms with E-state index in [1.807, 2.05) is 0 Å². The second-order valence-electron chi connectivity index (χ2n) is 8.50. The maximum atomic E-state index is 12.2. The molecule has 0 unspecified atom stereocenters. The lowest BCUT2D eigenvalue weighted by molar-refractivity contribution is -0.126. The molecule has 1 heterocycles. The maximum Gasteiger partial charge on any atom is 0.234 e. The second kappa shape index (κ2) is 8.53. The Morgan fingerprint density at radius 3 is 2.58 bits per heavy atom. The van der Waals surface area contributed by atoms with Gasteiger partial charge >= 0.3 is 0 Å². The van der Waals surface area contributed by atoms with Gasteiger partial charge in [-0.25, -0.2) is 0 Å². The van der Waals surface area contributed by atoms with Crippen molar-refractivity contribution in [2.24, 2.45) is 17.6 Å². The van der Waals surface area contributed by atoms with E-state index in [4.69, 9.17) is 5.73 Å². The highest BCUT2D eigenvalue weighted by atomic mass is 16.1. The Morgan fingerprint density at radius 2 is 1.96 bits per heavy atom. The predicted molar refractivity (Wildman–Crippen MR) is 107 cm³/mol. The molecule has 4 nitrogen and oxygen atoms in total. The van der Waals surface area contributed by atoms with Crippen LogP contribution in [0.1, 0.15) is 52.0 Å². The van der Waals surface area contributed by atoms with Gasteiger partial charge in [0.2, 0.25) is 5.91 Å². The summed E-state index contributed by atoms with van der Waals surface area (Å²) < 4.78 is 0. The van der Waals surface area contributed by atoms with Crippen molar-refractivity contribution in [1.82, 2.24) is 9.80 Å². The van der Waals surface area contributed by atoms with Gasteiger partial charge in [0.05, 0.1) is 6.04 Å². The zero-order valence-corrected chi connectivity index (χ0v) is 16.6. The lowest BCUT2D eigenvalue weighted by Gasteiger charge is -2.40. The fraction of sp³-hybridized carbons (Fsp3) is 0.682. The monoisotopic (exact) mass is 357 g/mol. The molecule has 1 saturated carbocycles. The molecule has 2 aliphatic rings. The molecule has 1 saturated heterocycles. The first-order chi connectivity index (χ1) is 12.5. The van der Waals surface area contributed by atoms with Crippen LogP contribution in [0.25, 0.3) is 0 Å². The number of primary amides is 1. The minimum atomic E-state index is -0.150. The Labute approximate surface area is 158 Å². The van der Waals surface area contributed by atoms with Gasteiger partial charge in [0.25, 0.3) is 0 Å². The summed E-state index contributed by atoms with van der Waals surface area (Å²) in [5.74, 6) is 1.28. The van der Waals surface area contributed by atoms with Crippen LogP contribution in [0, 0.1) is 11.8 Å². The van der Waals surface area contributed by atoms with Crippen molar-refractivity contribution in [2.45, 2.75) is 71.1 Å². The molecule has 1 aliphatic carbocycles. The Kier molecular flexibility index (Phi) is 6.36. The first-order valence-electron chi connectivity index (χ1n) is 10.3. The van der Waals surface area contributed by atoms with E-state index in [2.05, 4.69) is 60.9 Å². The minimum absolute atomic E-state index is 0.119. The summed E-state index contributed by atoms with van der Waals surface area (Å²) in [6, 6.07) is 11.5.